The minimum Gasteiger partial charge on any atom is -0.381 e. The van der Waals surface area contributed by atoms with Crippen molar-refractivity contribution in [2.75, 3.05) is 19.8 Å². The van der Waals surface area contributed by atoms with Gasteiger partial charge in [0.2, 0.25) is 0 Å². The molecule has 1 aliphatic heterocycles. The molecular weight excluding hydrogens is 154 g/mol. The third kappa shape index (κ3) is 1.97. The molecule has 0 spiro atoms. The zero-order valence-electron chi connectivity index (χ0n) is 8.01. The van der Waals surface area contributed by atoms with Gasteiger partial charge in [-0.1, -0.05) is 0 Å². The first-order chi connectivity index (χ1) is 5.71. The van der Waals surface area contributed by atoms with Gasteiger partial charge >= 0.3 is 0 Å². The van der Waals surface area contributed by atoms with Crippen molar-refractivity contribution < 1.29 is 9.47 Å². The van der Waals surface area contributed by atoms with Crippen LogP contribution in [-0.4, -0.2) is 31.5 Å². The fourth-order valence-corrected chi connectivity index (χ4v) is 1.74. The molecule has 1 atom stereocenters. The van der Waals surface area contributed by atoms with Crippen LogP contribution in [0.5, 0.6) is 0 Å². The molecule has 12 heavy (non-hydrogen) atoms. The third-order valence-electron chi connectivity index (χ3n) is 2.60. The van der Waals surface area contributed by atoms with Gasteiger partial charge in [-0.15, -0.1) is 0 Å². The molecule has 1 saturated heterocycles. The maximum absolute atomic E-state index is 5.91. The van der Waals surface area contributed by atoms with E-state index < -0.39 is 0 Å². The van der Waals surface area contributed by atoms with Gasteiger partial charge in [0.05, 0.1) is 5.60 Å². The van der Waals surface area contributed by atoms with Crippen LogP contribution in [0.2, 0.25) is 0 Å². The fourth-order valence-electron chi connectivity index (χ4n) is 1.74. The van der Waals surface area contributed by atoms with Gasteiger partial charge in [0.1, 0.15) is 0 Å². The molecule has 0 radical (unpaired) electrons. The number of ether oxygens (including phenoxy) is 2. The first kappa shape index (κ1) is 9.96. The molecule has 2 N–H and O–H groups in total. The van der Waals surface area contributed by atoms with Crippen molar-refractivity contribution >= 4 is 0 Å². The largest absolute Gasteiger partial charge is 0.381 e. The van der Waals surface area contributed by atoms with E-state index in [0.717, 1.165) is 32.7 Å². The summed E-state index contributed by atoms with van der Waals surface area (Å²) >= 11 is 0. The van der Waals surface area contributed by atoms with E-state index in [1.807, 2.05) is 13.8 Å². The van der Waals surface area contributed by atoms with Crippen molar-refractivity contribution in [3.05, 3.63) is 0 Å². The van der Waals surface area contributed by atoms with Gasteiger partial charge in [0.25, 0.3) is 0 Å². The van der Waals surface area contributed by atoms with E-state index in [-0.39, 0.29) is 11.6 Å². The summed E-state index contributed by atoms with van der Waals surface area (Å²) in [4.78, 5) is 0. The van der Waals surface area contributed by atoms with Crippen LogP contribution in [0.3, 0.4) is 0 Å². The average Bonchev–Trinajstić information content (AvgIpc) is 2.06. The molecule has 0 aliphatic carbocycles. The van der Waals surface area contributed by atoms with E-state index in [9.17, 15) is 0 Å². The molecule has 0 aromatic carbocycles. The lowest BCUT2D eigenvalue weighted by atomic mass is 9.87. The second-order valence-electron chi connectivity index (χ2n) is 3.40. The van der Waals surface area contributed by atoms with E-state index >= 15 is 0 Å². The van der Waals surface area contributed by atoms with Crippen LogP contribution < -0.4 is 5.73 Å². The van der Waals surface area contributed by atoms with Gasteiger partial charge < -0.3 is 15.2 Å². The monoisotopic (exact) mass is 173 g/mol. The molecule has 3 heteroatoms. The van der Waals surface area contributed by atoms with Gasteiger partial charge in [-0.25, -0.2) is 0 Å². The highest BCUT2D eigenvalue weighted by molar-refractivity contribution is 4.90. The SMILES string of the molecule is CCOC1([C@@H](C)N)CCOCC1. The Morgan fingerprint density at radius 1 is 1.50 bits per heavy atom. The van der Waals surface area contributed by atoms with Crippen LogP contribution in [0.25, 0.3) is 0 Å². The van der Waals surface area contributed by atoms with Crippen LogP contribution in [-0.2, 0) is 9.47 Å². The Bertz CT molecular complexity index is 125. The van der Waals surface area contributed by atoms with Gasteiger partial charge in [-0.2, -0.15) is 0 Å². The Balaban J connectivity index is 2.56. The zero-order valence-corrected chi connectivity index (χ0v) is 8.01. The van der Waals surface area contributed by atoms with E-state index in [1.54, 1.807) is 0 Å². The standard InChI is InChI=1S/C9H19NO2/c1-3-12-9(8(2)10)4-6-11-7-5-9/h8H,3-7,10H2,1-2H3/t8-/m1/s1. The molecule has 0 aromatic rings. The molecule has 3 nitrogen and oxygen atoms in total. The lowest BCUT2D eigenvalue weighted by molar-refractivity contribution is -0.117. The minimum absolute atomic E-state index is 0.0985. The Morgan fingerprint density at radius 3 is 2.50 bits per heavy atom. The van der Waals surface area contributed by atoms with Crippen molar-refractivity contribution in [3.63, 3.8) is 0 Å². The lowest BCUT2D eigenvalue weighted by Crippen LogP contribution is -2.51. The molecule has 0 aromatic heterocycles. The molecule has 0 unspecified atom stereocenters. The van der Waals surface area contributed by atoms with E-state index in [0.29, 0.717) is 0 Å². The summed E-state index contributed by atoms with van der Waals surface area (Å²) in [7, 11) is 0. The van der Waals surface area contributed by atoms with Crippen molar-refractivity contribution in [2.45, 2.75) is 38.3 Å². The van der Waals surface area contributed by atoms with E-state index in [2.05, 4.69) is 0 Å². The fraction of sp³-hybridized carbons (Fsp3) is 1.00. The second kappa shape index (κ2) is 4.21. The first-order valence-electron chi connectivity index (χ1n) is 4.68. The number of nitrogens with two attached hydrogens (primary N) is 1. The topological polar surface area (TPSA) is 44.5 Å². The summed E-state index contributed by atoms with van der Waals surface area (Å²) < 4.78 is 11.0. The normalized spacial score (nSPS) is 25.2. The molecule has 1 rings (SSSR count). The number of rotatable bonds is 3. The van der Waals surface area contributed by atoms with Crippen LogP contribution >= 0.6 is 0 Å². The van der Waals surface area contributed by atoms with Crippen LogP contribution in [0, 0.1) is 0 Å². The Labute approximate surface area is 74.2 Å². The Hall–Kier alpha value is -0.120. The van der Waals surface area contributed by atoms with Crippen molar-refractivity contribution in [1.82, 2.24) is 0 Å². The summed E-state index contributed by atoms with van der Waals surface area (Å²) in [5.74, 6) is 0. The summed E-state index contributed by atoms with van der Waals surface area (Å²) in [6.07, 6.45) is 1.86. The van der Waals surface area contributed by atoms with Crippen LogP contribution in [0.15, 0.2) is 0 Å². The Kier molecular flexibility index (Phi) is 3.50. The third-order valence-corrected chi connectivity index (χ3v) is 2.60. The molecule has 72 valence electrons. The smallest absolute Gasteiger partial charge is 0.0873 e. The lowest BCUT2D eigenvalue weighted by Gasteiger charge is -2.39. The van der Waals surface area contributed by atoms with Crippen molar-refractivity contribution in [1.29, 1.82) is 0 Å². The molecule has 1 heterocycles. The highest BCUT2D eigenvalue weighted by Crippen LogP contribution is 2.27. The predicted octanol–water partition coefficient (Wildman–Crippen LogP) is 0.919. The molecule has 0 saturated carbocycles. The highest BCUT2D eigenvalue weighted by Gasteiger charge is 2.36. The summed E-state index contributed by atoms with van der Waals surface area (Å²) in [5, 5.41) is 0. The number of hydrogen-bond acceptors (Lipinski definition) is 3. The summed E-state index contributed by atoms with van der Waals surface area (Å²) in [6, 6.07) is 0.0985. The first-order valence-corrected chi connectivity index (χ1v) is 4.68. The molecule has 1 fully saturated rings. The molecular formula is C9H19NO2. The van der Waals surface area contributed by atoms with Gasteiger partial charge in [-0.3, -0.25) is 0 Å². The molecule has 1 aliphatic rings. The van der Waals surface area contributed by atoms with E-state index in [1.165, 1.54) is 0 Å². The Morgan fingerprint density at radius 2 is 2.08 bits per heavy atom. The number of hydrogen-bond donors (Lipinski definition) is 1. The van der Waals surface area contributed by atoms with Crippen molar-refractivity contribution in [2.24, 2.45) is 5.73 Å². The van der Waals surface area contributed by atoms with Crippen LogP contribution in [0.4, 0.5) is 0 Å². The van der Waals surface area contributed by atoms with E-state index in [4.69, 9.17) is 15.2 Å². The van der Waals surface area contributed by atoms with Crippen LogP contribution in [0.1, 0.15) is 26.7 Å². The van der Waals surface area contributed by atoms with Crippen molar-refractivity contribution in [3.8, 4) is 0 Å². The average molecular weight is 173 g/mol. The zero-order chi connectivity index (χ0) is 9.03. The quantitative estimate of drug-likeness (QED) is 0.690. The maximum Gasteiger partial charge on any atom is 0.0873 e. The second-order valence-corrected chi connectivity index (χ2v) is 3.40. The van der Waals surface area contributed by atoms with Gasteiger partial charge in [0, 0.05) is 38.7 Å². The minimum atomic E-state index is -0.118. The molecule has 0 bridgehead atoms. The highest BCUT2D eigenvalue weighted by atomic mass is 16.5. The molecule has 0 amide bonds. The maximum atomic E-state index is 5.91. The summed E-state index contributed by atoms with van der Waals surface area (Å²) in [6.45, 7) is 6.32. The van der Waals surface area contributed by atoms with Gasteiger partial charge in [-0.05, 0) is 13.8 Å². The predicted molar refractivity (Wildman–Crippen MR) is 48.1 cm³/mol. The summed E-state index contributed by atoms with van der Waals surface area (Å²) in [5.41, 5.74) is 5.79. The van der Waals surface area contributed by atoms with Gasteiger partial charge in [0.15, 0.2) is 0 Å².